The van der Waals surface area contributed by atoms with E-state index in [1.807, 2.05) is 43.3 Å². The molecule has 2 N–H and O–H groups in total. The highest BCUT2D eigenvalue weighted by Gasteiger charge is 2.14. The Labute approximate surface area is 141 Å². The van der Waals surface area contributed by atoms with Crippen LogP contribution in [0.15, 0.2) is 45.3 Å². The molecule has 0 amide bonds. The molecule has 0 saturated carbocycles. The Morgan fingerprint density at radius 1 is 1.19 bits per heavy atom. The second kappa shape index (κ2) is 7.29. The predicted molar refractivity (Wildman–Crippen MR) is 93.0 cm³/mol. The number of hydrogen-bond donors (Lipinski definition) is 2. The molecule has 0 aliphatic rings. The molecule has 5 heteroatoms. The summed E-state index contributed by atoms with van der Waals surface area (Å²) in [4.78, 5) is 0. The van der Waals surface area contributed by atoms with Gasteiger partial charge < -0.3 is 15.2 Å². The minimum Gasteiger partial charge on any atom is -0.496 e. The molecule has 112 valence electrons. The number of aliphatic hydroxyl groups excluding tert-OH is 1. The normalized spacial score (nSPS) is 12.0. The molecule has 0 saturated heterocycles. The molecule has 0 heterocycles. The largest absolute Gasteiger partial charge is 0.496 e. The third-order valence-corrected chi connectivity index (χ3v) is 4.50. The van der Waals surface area contributed by atoms with Crippen molar-refractivity contribution in [3.05, 3.63) is 56.5 Å². The van der Waals surface area contributed by atoms with Crippen molar-refractivity contribution in [2.24, 2.45) is 0 Å². The molecular formula is C16H17Br2NO2. The fourth-order valence-electron chi connectivity index (χ4n) is 2.09. The lowest BCUT2D eigenvalue weighted by Gasteiger charge is -2.18. The van der Waals surface area contributed by atoms with E-state index in [1.54, 1.807) is 7.11 Å². The number of benzene rings is 2. The van der Waals surface area contributed by atoms with E-state index in [4.69, 9.17) is 4.74 Å². The first-order chi connectivity index (χ1) is 10.0. The van der Waals surface area contributed by atoms with Crippen molar-refractivity contribution in [2.75, 3.05) is 19.0 Å². The summed E-state index contributed by atoms with van der Waals surface area (Å²) >= 11 is 6.99. The third-order valence-electron chi connectivity index (χ3n) is 3.18. The molecule has 0 aromatic heterocycles. The minimum atomic E-state index is -0.654. The monoisotopic (exact) mass is 413 g/mol. The average molecular weight is 415 g/mol. The Balaban J connectivity index is 2.15. The number of hydrogen-bond acceptors (Lipinski definition) is 3. The first kappa shape index (κ1) is 16.3. The molecule has 0 fully saturated rings. The molecular weight excluding hydrogens is 398 g/mol. The molecule has 0 aliphatic carbocycles. The average Bonchev–Trinajstić information content (AvgIpc) is 2.46. The summed E-state index contributed by atoms with van der Waals surface area (Å²) in [5.74, 6) is 0.695. The fraction of sp³-hybridized carbons (Fsp3) is 0.250. The van der Waals surface area contributed by atoms with E-state index in [9.17, 15) is 5.11 Å². The number of aliphatic hydroxyl groups is 1. The van der Waals surface area contributed by atoms with Crippen molar-refractivity contribution in [1.82, 2.24) is 0 Å². The van der Waals surface area contributed by atoms with Gasteiger partial charge in [0, 0.05) is 21.1 Å². The van der Waals surface area contributed by atoms with Gasteiger partial charge in [-0.2, -0.15) is 0 Å². The highest BCUT2D eigenvalue weighted by atomic mass is 79.9. The lowest BCUT2D eigenvalue weighted by Crippen LogP contribution is -2.14. The Hall–Kier alpha value is -1.04. The Morgan fingerprint density at radius 3 is 2.48 bits per heavy atom. The first-order valence-electron chi connectivity index (χ1n) is 6.53. The fourth-order valence-corrected chi connectivity index (χ4v) is 3.37. The van der Waals surface area contributed by atoms with Crippen LogP contribution >= 0.6 is 31.9 Å². The van der Waals surface area contributed by atoms with Gasteiger partial charge >= 0.3 is 0 Å². The zero-order chi connectivity index (χ0) is 15.4. The molecule has 1 atom stereocenters. The van der Waals surface area contributed by atoms with Crippen LogP contribution in [0.1, 0.15) is 17.2 Å². The van der Waals surface area contributed by atoms with Crippen LogP contribution in [0.5, 0.6) is 5.75 Å². The van der Waals surface area contributed by atoms with Crippen LogP contribution in [0.25, 0.3) is 0 Å². The van der Waals surface area contributed by atoms with Crippen molar-refractivity contribution in [3.8, 4) is 5.75 Å². The number of anilines is 1. The Bertz CT molecular complexity index is 611. The van der Waals surface area contributed by atoms with Crippen LogP contribution in [-0.2, 0) is 0 Å². The van der Waals surface area contributed by atoms with Gasteiger partial charge in [0.15, 0.2) is 0 Å². The molecule has 2 rings (SSSR count). The van der Waals surface area contributed by atoms with E-state index in [-0.39, 0.29) is 0 Å². The maximum absolute atomic E-state index is 10.4. The van der Waals surface area contributed by atoms with Gasteiger partial charge in [-0.15, -0.1) is 0 Å². The molecule has 1 unspecified atom stereocenters. The number of aryl methyl sites for hydroxylation is 1. The van der Waals surface area contributed by atoms with Gasteiger partial charge in [-0.3, -0.25) is 0 Å². The lowest BCUT2D eigenvalue weighted by atomic mass is 10.1. The van der Waals surface area contributed by atoms with Crippen LogP contribution in [-0.4, -0.2) is 18.8 Å². The summed E-state index contributed by atoms with van der Waals surface area (Å²) in [6.07, 6.45) is -0.654. The van der Waals surface area contributed by atoms with Gasteiger partial charge in [0.2, 0.25) is 0 Å². The first-order valence-corrected chi connectivity index (χ1v) is 8.12. The van der Waals surface area contributed by atoms with E-state index >= 15 is 0 Å². The molecule has 21 heavy (non-hydrogen) atoms. The van der Waals surface area contributed by atoms with Crippen molar-refractivity contribution in [1.29, 1.82) is 0 Å². The second-order valence-corrected chi connectivity index (χ2v) is 6.45. The number of ether oxygens (including phenoxy) is 1. The van der Waals surface area contributed by atoms with E-state index < -0.39 is 6.10 Å². The zero-order valence-corrected chi connectivity index (χ0v) is 15.0. The summed E-state index contributed by atoms with van der Waals surface area (Å²) in [5.41, 5.74) is 2.79. The van der Waals surface area contributed by atoms with E-state index in [2.05, 4.69) is 37.2 Å². The topological polar surface area (TPSA) is 41.5 Å². The minimum absolute atomic E-state index is 0.390. The molecule has 0 radical (unpaired) electrons. The van der Waals surface area contributed by atoms with Crippen molar-refractivity contribution >= 4 is 37.5 Å². The van der Waals surface area contributed by atoms with E-state index in [1.165, 1.54) is 0 Å². The molecule has 3 nitrogen and oxygen atoms in total. The van der Waals surface area contributed by atoms with Gasteiger partial charge in [-0.05, 0) is 63.0 Å². The van der Waals surface area contributed by atoms with Crippen LogP contribution in [0.4, 0.5) is 5.69 Å². The van der Waals surface area contributed by atoms with Crippen molar-refractivity contribution in [3.63, 3.8) is 0 Å². The summed E-state index contributed by atoms with van der Waals surface area (Å²) in [6.45, 7) is 2.38. The highest BCUT2D eigenvalue weighted by molar-refractivity contribution is 9.11. The molecule has 0 aliphatic heterocycles. The summed E-state index contributed by atoms with van der Waals surface area (Å²) in [6, 6.07) is 11.6. The van der Waals surface area contributed by atoms with Gasteiger partial charge in [-0.1, -0.05) is 17.7 Å². The molecule has 2 aromatic carbocycles. The van der Waals surface area contributed by atoms with Gasteiger partial charge in [0.1, 0.15) is 5.75 Å². The second-order valence-electron chi connectivity index (χ2n) is 4.74. The Morgan fingerprint density at radius 2 is 1.86 bits per heavy atom. The summed E-state index contributed by atoms with van der Waals surface area (Å²) < 4.78 is 7.20. The van der Waals surface area contributed by atoms with Gasteiger partial charge in [0.05, 0.1) is 18.9 Å². The highest BCUT2D eigenvalue weighted by Crippen LogP contribution is 2.32. The lowest BCUT2D eigenvalue weighted by molar-refractivity contribution is 0.187. The smallest absolute Gasteiger partial charge is 0.124 e. The molecule has 0 spiro atoms. The predicted octanol–water partition coefficient (Wildman–Crippen LogP) is 4.67. The van der Waals surface area contributed by atoms with Crippen LogP contribution in [0, 0.1) is 6.92 Å². The third kappa shape index (κ3) is 3.99. The summed E-state index contributed by atoms with van der Waals surface area (Å²) in [5, 5.41) is 13.7. The van der Waals surface area contributed by atoms with E-state index in [0.29, 0.717) is 12.3 Å². The number of para-hydroxylation sites is 1. The number of nitrogens with one attached hydrogen (secondary N) is 1. The molecule has 2 aromatic rings. The Kier molecular flexibility index (Phi) is 5.67. The standard InChI is InChI=1S/C16H17Br2NO2/c1-10-6-7-15(21-2)11(8-10)14(20)9-19-16-12(17)4-3-5-13(16)18/h3-8,14,19-20H,9H2,1-2H3. The van der Waals surface area contributed by atoms with Gasteiger partial charge in [0.25, 0.3) is 0 Å². The number of halogens is 2. The SMILES string of the molecule is COc1ccc(C)cc1C(O)CNc1c(Br)cccc1Br. The van der Waals surface area contributed by atoms with Crippen molar-refractivity contribution in [2.45, 2.75) is 13.0 Å². The zero-order valence-electron chi connectivity index (χ0n) is 11.9. The van der Waals surface area contributed by atoms with Crippen LogP contribution in [0.2, 0.25) is 0 Å². The van der Waals surface area contributed by atoms with Crippen molar-refractivity contribution < 1.29 is 9.84 Å². The van der Waals surface area contributed by atoms with E-state index in [0.717, 1.165) is 25.8 Å². The summed E-state index contributed by atoms with van der Waals surface area (Å²) in [7, 11) is 1.61. The van der Waals surface area contributed by atoms with Gasteiger partial charge in [-0.25, -0.2) is 0 Å². The van der Waals surface area contributed by atoms with Crippen LogP contribution in [0.3, 0.4) is 0 Å². The maximum Gasteiger partial charge on any atom is 0.124 e. The number of methoxy groups -OCH3 is 1. The number of rotatable bonds is 5. The quantitative estimate of drug-likeness (QED) is 0.746. The molecule has 0 bridgehead atoms. The van der Waals surface area contributed by atoms with Crippen LogP contribution < -0.4 is 10.1 Å². The maximum atomic E-state index is 10.4.